The number of rotatable bonds is 6. The minimum Gasteiger partial charge on any atom is -0.481 e. The SMILES string of the molecule is O=C(O)C[C@H](NC(=O)NCc1ccc(F)cc1F)C(=O)O. The van der Waals surface area contributed by atoms with E-state index in [0.29, 0.717) is 6.07 Å². The Morgan fingerprint density at radius 1 is 1.19 bits per heavy atom. The fourth-order valence-corrected chi connectivity index (χ4v) is 1.42. The van der Waals surface area contributed by atoms with Gasteiger partial charge in [0, 0.05) is 18.2 Å². The van der Waals surface area contributed by atoms with Crippen molar-refractivity contribution in [1.82, 2.24) is 10.6 Å². The van der Waals surface area contributed by atoms with E-state index in [1.807, 2.05) is 5.32 Å². The first-order valence-corrected chi connectivity index (χ1v) is 5.72. The first-order valence-electron chi connectivity index (χ1n) is 5.72. The van der Waals surface area contributed by atoms with Crippen molar-refractivity contribution in [1.29, 1.82) is 0 Å². The number of hydrogen-bond donors (Lipinski definition) is 4. The summed E-state index contributed by atoms with van der Waals surface area (Å²) in [6.45, 7) is -0.308. The van der Waals surface area contributed by atoms with Crippen LogP contribution < -0.4 is 10.6 Å². The van der Waals surface area contributed by atoms with Crippen LogP contribution in [0.3, 0.4) is 0 Å². The Hall–Kier alpha value is -2.71. The van der Waals surface area contributed by atoms with Gasteiger partial charge in [0.25, 0.3) is 0 Å². The molecule has 0 radical (unpaired) electrons. The number of urea groups is 1. The monoisotopic (exact) mass is 302 g/mol. The molecule has 0 unspecified atom stereocenters. The minimum atomic E-state index is -1.61. The molecule has 0 saturated heterocycles. The molecule has 0 aliphatic carbocycles. The Bertz CT molecular complexity index is 565. The number of carboxylic acids is 2. The van der Waals surface area contributed by atoms with Crippen LogP contribution in [0.1, 0.15) is 12.0 Å². The van der Waals surface area contributed by atoms with Gasteiger partial charge < -0.3 is 20.8 Å². The molecule has 0 spiro atoms. The highest BCUT2D eigenvalue weighted by atomic mass is 19.1. The minimum absolute atomic E-state index is 0.00309. The molecule has 0 heterocycles. The Labute approximate surface area is 117 Å². The Morgan fingerprint density at radius 2 is 1.86 bits per heavy atom. The van der Waals surface area contributed by atoms with Gasteiger partial charge in [-0.15, -0.1) is 0 Å². The molecule has 1 rings (SSSR count). The molecule has 0 bridgehead atoms. The Morgan fingerprint density at radius 3 is 2.38 bits per heavy atom. The fraction of sp³-hybridized carbons (Fsp3) is 0.250. The van der Waals surface area contributed by atoms with Crippen LogP contribution in [-0.2, 0) is 16.1 Å². The predicted molar refractivity (Wildman–Crippen MR) is 65.4 cm³/mol. The maximum absolute atomic E-state index is 13.3. The van der Waals surface area contributed by atoms with Crippen LogP contribution in [0.5, 0.6) is 0 Å². The molecule has 0 aliphatic rings. The lowest BCUT2D eigenvalue weighted by Crippen LogP contribution is -2.46. The lowest BCUT2D eigenvalue weighted by Gasteiger charge is -2.13. The van der Waals surface area contributed by atoms with Gasteiger partial charge in [0.2, 0.25) is 0 Å². The number of hydrogen-bond acceptors (Lipinski definition) is 3. The third kappa shape index (κ3) is 5.43. The smallest absolute Gasteiger partial charge is 0.326 e. The number of carboxylic acid groups (broad SMARTS) is 2. The van der Waals surface area contributed by atoms with Crippen LogP contribution in [0, 0.1) is 11.6 Å². The molecule has 1 aromatic carbocycles. The molecule has 1 aromatic rings. The number of aliphatic carboxylic acids is 2. The van der Waals surface area contributed by atoms with Crippen LogP contribution in [-0.4, -0.2) is 34.2 Å². The van der Waals surface area contributed by atoms with Gasteiger partial charge in [0.05, 0.1) is 6.42 Å². The van der Waals surface area contributed by atoms with Gasteiger partial charge >= 0.3 is 18.0 Å². The van der Waals surface area contributed by atoms with Gasteiger partial charge in [0.1, 0.15) is 17.7 Å². The zero-order valence-corrected chi connectivity index (χ0v) is 10.6. The number of benzene rings is 1. The van der Waals surface area contributed by atoms with Gasteiger partial charge in [-0.2, -0.15) is 0 Å². The highest BCUT2D eigenvalue weighted by Crippen LogP contribution is 2.08. The summed E-state index contributed by atoms with van der Waals surface area (Å²) in [5.74, 6) is -4.54. The predicted octanol–water partition coefficient (Wildman–Crippen LogP) is 0.692. The third-order valence-electron chi connectivity index (χ3n) is 2.44. The molecule has 7 nitrogen and oxygen atoms in total. The lowest BCUT2D eigenvalue weighted by atomic mass is 10.2. The summed E-state index contributed by atoms with van der Waals surface area (Å²) in [4.78, 5) is 32.6. The topological polar surface area (TPSA) is 116 Å². The highest BCUT2D eigenvalue weighted by Gasteiger charge is 2.22. The zero-order valence-electron chi connectivity index (χ0n) is 10.6. The normalized spacial score (nSPS) is 11.5. The second-order valence-electron chi connectivity index (χ2n) is 4.05. The second-order valence-corrected chi connectivity index (χ2v) is 4.05. The molecule has 21 heavy (non-hydrogen) atoms. The molecule has 0 aliphatic heterocycles. The molecule has 114 valence electrons. The van der Waals surface area contributed by atoms with Gasteiger partial charge in [-0.25, -0.2) is 18.4 Å². The number of amides is 2. The average Bonchev–Trinajstić information content (AvgIpc) is 2.36. The van der Waals surface area contributed by atoms with E-state index in [0.717, 1.165) is 12.1 Å². The van der Waals surface area contributed by atoms with E-state index in [9.17, 15) is 23.2 Å². The first-order chi connectivity index (χ1) is 9.79. The lowest BCUT2D eigenvalue weighted by molar-refractivity contribution is -0.145. The van der Waals surface area contributed by atoms with Crippen molar-refractivity contribution in [2.45, 2.75) is 19.0 Å². The van der Waals surface area contributed by atoms with E-state index in [1.54, 1.807) is 0 Å². The van der Waals surface area contributed by atoms with E-state index >= 15 is 0 Å². The summed E-state index contributed by atoms with van der Waals surface area (Å²) in [7, 11) is 0. The van der Waals surface area contributed by atoms with Gasteiger partial charge in [0.15, 0.2) is 0 Å². The Kier molecular flexibility index (Phi) is 5.58. The molecule has 2 amide bonds. The quantitative estimate of drug-likeness (QED) is 0.617. The summed E-state index contributed by atoms with van der Waals surface area (Å²) in [6.07, 6.45) is -0.798. The van der Waals surface area contributed by atoms with Crippen LogP contribution in [0.4, 0.5) is 13.6 Å². The van der Waals surface area contributed by atoms with E-state index in [4.69, 9.17) is 10.2 Å². The molecule has 0 fully saturated rings. The standard InChI is InChI=1S/C12H12F2N2O5/c13-7-2-1-6(8(14)3-7)5-15-12(21)16-9(11(19)20)4-10(17)18/h1-3,9H,4-5H2,(H,17,18)(H,19,20)(H2,15,16,21)/t9-/m0/s1. The van der Waals surface area contributed by atoms with Crippen molar-refractivity contribution >= 4 is 18.0 Å². The largest absolute Gasteiger partial charge is 0.481 e. The maximum atomic E-state index is 13.3. The molecular weight excluding hydrogens is 290 g/mol. The van der Waals surface area contributed by atoms with Crippen molar-refractivity contribution in [3.63, 3.8) is 0 Å². The van der Waals surface area contributed by atoms with Crippen LogP contribution in [0.2, 0.25) is 0 Å². The molecule has 4 N–H and O–H groups in total. The Balaban J connectivity index is 2.56. The highest BCUT2D eigenvalue weighted by molar-refractivity contribution is 5.86. The van der Waals surface area contributed by atoms with Crippen molar-refractivity contribution in [2.24, 2.45) is 0 Å². The summed E-state index contributed by atoms with van der Waals surface area (Å²) in [6, 6.07) is 0.173. The zero-order chi connectivity index (χ0) is 16.0. The molecule has 0 saturated carbocycles. The summed E-state index contributed by atoms with van der Waals surface area (Å²) >= 11 is 0. The summed E-state index contributed by atoms with van der Waals surface area (Å²) < 4.78 is 25.9. The second kappa shape index (κ2) is 7.17. The number of halogens is 2. The van der Waals surface area contributed by atoms with E-state index < -0.39 is 42.1 Å². The summed E-state index contributed by atoms with van der Waals surface area (Å²) in [5.41, 5.74) is -0.00309. The van der Waals surface area contributed by atoms with E-state index in [-0.39, 0.29) is 12.1 Å². The summed E-state index contributed by atoms with van der Waals surface area (Å²) in [5, 5.41) is 21.3. The van der Waals surface area contributed by atoms with E-state index in [1.165, 1.54) is 0 Å². The fourth-order valence-electron chi connectivity index (χ4n) is 1.42. The van der Waals surface area contributed by atoms with Crippen LogP contribution in [0.15, 0.2) is 18.2 Å². The number of nitrogens with one attached hydrogen (secondary N) is 2. The van der Waals surface area contributed by atoms with Crippen LogP contribution in [0.25, 0.3) is 0 Å². The maximum Gasteiger partial charge on any atom is 0.326 e. The number of carbonyl (C=O) groups excluding carboxylic acids is 1. The van der Waals surface area contributed by atoms with Crippen molar-refractivity contribution in [3.05, 3.63) is 35.4 Å². The van der Waals surface area contributed by atoms with Crippen molar-refractivity contribution < 1.29 is 33.4 Å². The van der Waals surface area contributed by atoms with Crippen molar-refractivity contribution in [3.8, 4) is 0 Å². The third-order valence-corrected chi connectivity index (χ3v) is 2.44. The van der Waals surface area contributed by atoms with Gasteiger partial charge in [-0.05, 0) is 6.07 Å². The molecule has 9 heteroatoms. The van der Waals surface area contributed by atoms with Crippen molar-refractivity contribution in [2.75, 3.05) is 0 Å². The van der Waals surface area contributed by atoms with Crippen LogP contribution >= 0.6 is 0 Å². The number of carbonyl (C=O) groups is 3. The first kappa shape index (κ1) is 16.3. The molecular formula is C12H12F2N2O5. The van der Waals surface area contributed by atoms with E-state index in [2.05, 4.69) is 5.32 Å². The average molecular weight is 302 g/mol. The molecule has 1 atom stereocenters. The van der Waals surface area contributed by atoms with Gasteiger partial charge in [-0.1, -0.05) is 6.07 Å². The van der Waals surface area contributed by atoms with Gasteiger partial charge in [-0.3, -0.25) is 4.79 Å². The molecule has 0 aromatic heterocycles.